The van der Waals surface area contributed by atoms with E-state index in [1.54, 1.807) is 19.1 Å². The molecule has 2 rings (SSSR count). The van der Waals surface area contributed by atoms with Crippen LogP contribution in [-0.4, -0.2) is 17.6 Å². The highest BCUT2D eigenvalue weighted by Crippen LogP contribution is 2.22. The van der Waals surface area contributed by atoms with Crippen molar-refractivity contribution in [1.29, 1.82) is 0 Å². The molecular weight excluding hydrogens is 322 g/mol. The first-order valence-electron chi connectivity index (χ1n) is 6.53. The van der Waals surface area contributed by atoms with Gasteiger partial charge in [0.05, 0.1) is 6.61 Å². The average molecular weight is 340 g/mol. The fourth-order valence-corrected chi connectivity index (χ4v) is 2.38. The summed E-state index contributed by atoms with van der Waals surface area (Å²) in [5.41, 5.74) is 1.27. The fourth-order valence-electron chi connectivity index (χ4n) is 1.81. The number of aryl methyl sites for hydroxylation is 1. The zero-order valence-electron chi connectivity index (χ0n) is 12.0. The lowest BCUT2D eigenvalue weighted by atomic mass is 10.1. The van der Waals surface area contributed by atoms with Crippen LogP contribution in [0.25, 0.3) is 10.9 Å². The molecule has 0 saturated carbocycles. The maximum absolute atomic E-state index is 11.8. The molecular formula is C15H18BrNO3. The molecule has 0 fully saturated rings. The molecule has 0 bridgehead atoms. The molecule has 2 aromatic rings. The number of carbonyl (C=O) groups excluding carboxylic acids is 1. The summed E-state index contributed by atoms with van der Waals surface area (Å²) in [6, 6.07) is 5.31. The van der Waals surface area contributed by atoms with Crippen molar-refractivity contribution in [2.75, 3.05) is 6.61 Å². The number of hydrogen-bond donors (Lipinski definition) is 1. The second kappa shape index (κ2) is 7.24. The van der Waals surface area contributed by atoms with Crippen LogP contribution in [0.15, 0.2) is 27.5 Å². The van der Waals surface area contributed by atoms with Gasteiger partial charge in [0.2, 0.25) is 0 Å². The minimum Gasteiger partial charge on any atom is -0.462 e. The fraction of sp³-hybridized carbons (Fsp3) is 0.333. The van der Waals surface area contributed by atoms with E-state index in [1.165, 1.54) is 0 Å². The average Bonchev–Trinajstić information content (AvgIpc) is 2.40. The zero-order chi connectivity index (χ0) is 15.3. The summed E-state index contributed by atoms with van der Waals surface area (Å²) in [4.78, 5) is 26.1. The van der Waals surface area contributed by atoms with Gasteiger partial charge in [-0.1, -0.05) is 29.8 Å². The summed E-state index contributed by atoms with van der Waals surface area (Å²) >= 11 is 3.37. The number of esters is 1. The molecule has 0 aliphatic rings. The van der Waals surface area contributed by atoms with E-state index in [2.05, 4.69) is 20.9 Å². The molecule has 0 spiro atoms. The van der Waals surface area contributed by atoms with Crippen molar-refractivity contribution in [3.05, 3.63) is 44.2 Å². The van der Waals surface area contributed by atoms with E-state index in [9.17, 15) is 9.59 Å². The zero-order valence-corrected chi connectivity index (χ0v) is 13.6. The van der Waals surface area contributed by atoms with Crippen molar-refractivity contribution < 1.29 is 9.53 Å². The predicted molar refractivity (Wildman–Crippen MR) is 84.3 cm³/mol. The van der Waals surface area contributed by atoms with Gasteiger partial charge >= 0.3 is 5.97 Å². The quantitative estimate of drug-likeness (QED) is 0.846. The van der Waals surface area contributed by atoms with Crippen LogP contribution in [0, 0.1) is 6.92 Å². The Labute approximate surface area is 126 Å². The van der Waals surface area contributed by atoms with Gasteiger partial charge in [-0.15, -0.1) is 0 Å². The minimum absolute atomic E-state index is 0.0368. The summed E-state index contributed by atoms with van der Waals surface area (Å²) in [6.45, 7) is 7.87. The summed E-state index contributed by atoms with van der Waals surface area (Å²) in [5.74, 6) is -0.594. The molecule has 1 aromatic carbocycles. The van der Waals surface area contributed by atoms with E-state index < -0.39 is 11.5 Å². The molecule has 1 aromatic heterocycles. The molecule has 0 atom stereocenters. The van der Waals surface area contributed by atoms with Crippen LogP contribution in [0.5, 0.6) is 0 Å². The molecule has 108 valence electrons. The SMILES string of the molecule is CC.CCOC(=O)c1cc2c(C)cc(Br)cc2[nH]c1=O. The summed E-state index contributed by atoms with van der Waals surface area (Å²) in [7, 11) is 0. The summed E-state index contributed by atoms with van der Waals surface area (Å²) in [6.07, 6.45) is 0. The second-order valence-corrected chi connectivity index (χ2v) is 4.83. The number of rotatable bonds is 2. The molecule has 5 heteroatoms. The number of carbonyl (C=O) groups is 1. The Kier molecular flexibility index (Phi) is 5.95. The van der Waals surface area contributed by atoms with Crippen LogP contribution in [0.4, 0.5) is 0 Å². The van der Waals surface area contributed by atoms with E-state index in [1.807, 2.05) is 26.8 Å². The maximum atomic E-state index is 11.8. The molecule has 0 unspecified atom stereocenters. The van der Waals surface area contributed by atoms with Gasteiger partial charge in [0.15, 0.2) is 0 Å². The molecule has 0 amide bonds. The largest absolute Gasteiger partial charge is 0.462 e. The second-order valence-electron chi connectivity index (χ2n) is 3.92. The van der Waals surface area contributed by atoms with E-state index in [-0.39, 0.29) is 12.2 Å². The number of fused-ring (bicyclic) bond motifs is 1. The predicted octanol–water partition coefficient (Wildman–Crippen LogP) is 3.80. The van der Waals surface area contributed by atoms with Crippen LogP contribution in [0.1, 0.15) is 36.7 Å². The lowest BCUT2D eigenvalue weighted by Gasteiger charge is -2.06. The van der Waals surface area contributed by atoms with Gasteiger partial charge in [-0.25, -0.2) is 4.79 Å². The first-order chi connectivity index (χ1) is 9.52. The highest BCUT2D eigenvalue weighted by atomic mass is 79.9. The number of pyridine rings is 1. The number of hydrogen-bond acceptors (Lipinski definition) is 3. The standard InChI is InChI=1S/C13H12BrNO3.C2H6/c1-3-18-13(17)10-6-9-7(2)4-8(14)5-11(9)15-12(10)16;1-2/h4-6H,3H2,1-2H3,(H,15,16);1-2H3. The molecule has 0 radical (unpaired) electrons. The number of H-pyrrole nitrogens is 1. The molecule has 0 saturated heterocycles. The van der Waals surface area contributed by atoms with Crippen molar-refractivity contribution >= 4 is 32.8 Å². The third-order valence-electron chi connectivity index (χ3n) is 2.63. The van der Waals surface area contributed by atoms with Gasteiger partial charge in [0, 0.05) is 15.4 Å². The van der Waals surface area contributed by atoms with Gasteiger partial charge < -0.3 is 9.72 Å². The van der Waals surface area contributed by atoms with Gasteiger partial charge in [0.25, 0.3) is 5.56 Å². The van der Waals surface area contributed by atoms with Crippen LogP contribution in [0.2, 0.25) is 0 Å². The Balaban J connectivity index is 0.000000956. The van der Waals surface area contributed by atoms with Crippen LogP contribution in [0.3, 0.4) is 0 Å². The van der Waals surface area contributed by atoms with Gasteiger partial charge in [-0.2, -0.15) is 0 Å². The molecule has 20 heavy (non-hydrogen) atoms. The number of aromatic nitrogens is 1. The third-order valence-corrected chi connectivity index (χ3v) is 3.09. The maximum Gasteiger partial charge on any atom is 0.343 e. The number of benzene rings is 1. The highest BCUT2D eigenvalue weighted by Gasteiger charge is 2.13. The van der Waals surface area contributed by atoms with E-state index >= 15 is 0 Å². The van der Waals surface area contributed by atoms with Crippen LogP contribution >= 0.6 is 15.9 Å². The van der Waals surface area contributed by atoms with Crippen LogP contribution < -0.4 is 5.56 Å². The van der Waals surface area contributed by atoms with E-state index in [4.69, 9.17) is 4.74 Å². The lowest BCUT2D eigenvalue weighted by Crippen LogP contribution is -2.19. The van der Waals surface area contributed by atoms with Gasteiger partial charge in [0.1, 0.15) is 5.56 Å². The van der Waals surface area contributed by atoms with E-state index in [0.717, 1.165) is 15.4 Å². The number of halogens is 1. The third kappa shape index (κ3) is 3.48. The van der Waals surface area contributed by atoms with E-state index in [0.29, 0.717) is 5.52 Å². The number of nitrogens with one attached hydrogen (secondary N) is 1. The Morgan fingerprint density at radius 3 is 2.55 bits per heavy atom. The van der Waals surface area contributed by atoms with Crippen molar-refractivity contribution in [1.82, 2.24) is 4.98 Å². The van der Waals surface area contributed by atoms with Gasteiger partial charge in [-0.3, -0.25) is 4.79 Å². The summed E-state index contributed by atoms with van der Waals surface area (Å²) < 4.78 is 5.73. The smallest absolute Gasteiger partial charge is 0.343 e. The Morgan fingerprint density at radius 1 is 1.30 bits per heavy atom. The monoisotopic (exact) mass is 339 g/mol. The molecule has 0 aliphatic carbocycles. The number of ether oxygens (including phenoxy) is 1. The Bertz CT molecular complexity index is 677. The first-order valence-corrected chi connectivity index (χ1v) is 7.32. The molecule has 1 N–H and O–H groups in total. The molecule has 0 aliphatic heterocycles. The first kappa shape index (κ1) is 16.4. The highest BCUT2D eigenvalue weighted by molar-refractivity contribution is 9.10. The molecule has 1 heterocycles. The van der Waals surface area contributed by atoms with Crippen molar-refractivity contribution in [3.63, 3.8) is 0 Å². The minimum atomic E-state index is -0.594. The Hall–Kier alpha value is -1.62. The van der Waals surface area contributed by atoms with Crippen LogP contribution in [-0.2, 0) is 4.74 Å². The van der Waals surface area contributed by atoms with Gasteiger partial charge in [-0.05, 0) is 37.6 Å². The van der Waals surface area contributed by atoms with Crippen molar-refractivity contribution in [3.8, 4) is 0 Å². The molecule has 4 nitrogen and oxygen atoms in total. The van der Waals surface area contributed by atoms with Crippen molar-refractivity contribution in [2.45, 2.75) is 27.7 Å². The summed E-state index contributed by atoms with van der Waals surface area (Å²) in [5, 5.41) is 0.834. The topological polar surface area (TPSA) is 59.2 Å². The number of aromatic amines is 1. The Morgan fingerprint density at radius 2 is 1.95 bits per heavy atom. The normalized spacial score (nSPS) is 9.85. The van der Waals surface area contributed by atoms with Crippen molar-refractivity contribution in [2.24, 2.45) is 0 Å². The lowest BCUT2D eigenvalue weighted by molar-refractivity contribution is 0.0524.